The van der Waals surface area contributed by atoms with Gasteiger partial charge in [0.25, 0.3) is 5.91 Å². The molecule has 5 nitrogen and oxygen atoms in total. The number of amides is 1. The van der Waals surface area contributed by atoms with Gasteiger partial charge in [-0.2, -0.15) is 13.9 Å². The van der Waals surface area contributed by atoms with Crippen LogP contribution in [0.5, 0.6) is 0 Å². The molecule has 1 amide bonds. The molecule has 0 spiro atoms. The lowest BCUT2D eigenvalue weighted by Crippen LogP contribution is -2.39. The summed E-state index contributed by atoms with van der Waals surface area (Å²) in [5.41, 5.74) is 0.598. The quantitative estimate of drug-likeness (QED) is 0.512. The summed E-state index contributed by atoms with van der Waals surface area (Å²) in [5, 5.41) is 6.60. The summed E-state index contributed by atoms with van der Waals surface area (Å²) in [4.78, 5) is 16.0. The number of aryl methyl sites for hydroxylation is 1. The van der Waals surface area contributed by atoms with E-state index < -0.39 is 23.5 Å². The molecule has 3 rings (SSSR count). The predicted molar refractivity (Wildman–Crippen MR) is 108 cm³/mol. The van der Waals surface area contributed by atoms with Gasteiger partial charge < -0.3 is 5.32 Å². The van der Waals surface area contributed by atoms with Crippen LogP contribution >= 0.6 is 34.8 Å². The standard InChI is InChI=1S/C19H14Cl3F3N4O/c1-2-29-17(27-16(28-29)11-3-4-14(22)15(23)7-11)19(24,25)18(30)26-9-10-5-12(20)8-13(21)6-10/h3-8H,2,9H2,1H3,(H,26,30). The Labute approximate surface area is 184 Å². The van der Waals surface area contributed by atoms with Gasteiger partial charge in [0.2, 0.25) is 5.82 Å². The number of nitrogens with zero attached hydrogens (tertiary/aromatic N) is 3. The second-order valence-electron chi connectivity index (χ2n) is 6.24. The Bertz CT molecular complexity index is 1080. The lowest BCUT2D eigenvalue weighted by Gasteiger charge is -2.16. The van der Waals surface area contributed by atoms with Crippen molar-refractivity contribution in [2.75, 3.05) is 0 Å². The second-order valence-corrected chi connectivity index (χ2v) is 7.52. The van der Waals surface area contributed by atoms with E-state index >= 15 is 0 Å². The fourth-order valence-corrected chi connectivity index (χ4v) is 3.35. The van der Waals surface area contributed by atoms with E-state index in [4.69, 9.17) is 34.8 Å². The lowest BCUT2D eigenvalue weighted by atomic mass is 10.2. The number of nitrogens with one attached hydrogen (secondary N) is 1. The molecule has 30 heavy (non-hydrogen) atoms. The van der Waals surface area contributed by atoms with E-state index in [2.05, 4.69) is 15.4 Å². The monoisotopic (exact) mass is 476 g/mol. The van der Waals surface area contributed by atoms with Crippen molar-refractivity contribution in [1.82, 2.24) is 20.1 Å². The number of aromatic nitrogens is 3. The topological polar surface area (TPSA) is 59.8 Å². The molecule has 0 aliphatic carbocycles. The number of carbonyl (C=O) groups is 1. The second kappa shape index (κ2) is 8.83. The summed E-state index contributed by atoms with van der Waals surface area (Å²) in [6, 6.07) is 8.16. The molecule has 1 heterocycles. The molecular weight excluding hydrogens is 464 g/mol. The summed E-state index contributed by atoms with van der Waals surface area (Å²) < 4.78 is 44.3. The van der Waals surface area contributed by atoms with Crippen molar-refractivity contribution in [3.63, 3.8) is 0 Å². The summed E-state index contributed by atoms with van der Waals surface area (Å²) in [6.45, 7) is 1.36. The normalized spacial score (nSPS) is 11.6. The lowest BCUT2D eigenvalue weighted by molar-refractivity contribution is -0.148. The van der Waals surface area contributed by atoms with Crippen LogP contribution in [0.25, 0.3) is 11.4 Å². The molecule has 0 fully saturated rings. The van der Waals surface area contributed by atoms with Crippen molar-refractivity contribution >= 4 is 40.7 Å². The molecule has 0 saturated carbocycles. The minimum absolute atomic E-state index is 0.0190. The van der Waals surface area contributed by atoms with Gasteiger partial charge in [0.05, 0.1) is 5.02 Å². The average Bonchev–Trinajstić information content (AvgIpc) is 3.12. The van der Waals surface area contributed by atoms with Crippen molar-refractivity contribution in [2.45, 2.75) is 25.9 Å². The maximum Gasteiger partial charge on any atom is 0.382 e. The highest BCUT2D eigenvalue weighted by Gasteiger charge is 2.46. The number of carbonyl (C=O) groups excluding carboxylic acids is 1. The van der Waals surface area contributed by atoms with Crippen molar-refractivity contribution in [2.24, 2.45) is 0 Å². The average molecular weight is 478 g/mol. The SMILES string of the molecule is CCn1nc(-c2ccc(Cl)c(F)c2)nc1C(F)(F)C(=O)NCc1cc(Cl)cc(Cl)c1. The Morgan fingerprint density at radius 2 is 1.80 bits per heavy atom. The van der Waals surface area contributed by atoms with Gasteiger partial charge in [0.1, 0.15) is 5.82 Å². The molecule has 1 N–H and O–H groups in total. The first-order chi connectivity index (χ1) is 14.1. The fourth-order valence-electron chi connectivity index (χ4n) is 2.66. The molecule has 158 valence electrons. The van der Waals surface area contributed by atoms with Crippen LogP contribution in [0.1, 0.15) is 18.3 Å². The number of rotatable bonds is 6. The number of hydrogen-bond donors (Lipinski definition) is 1. The van der Waals surface area contributed by atoms with Gasteiger partial charge in [0.15, 0.2) is 5.82 Å². The van der Waals surface area contributed by atoms with Gasteiger partial charge in [-0.25, -0.2) is 14.1 Å². The molecule has 3 aromatic rings. The highest BCUT2D eigenvalue weighted by Crippen LogP contribution is 2.30. The van der Waals surface area contributed by atoms with Gasteiger partial charge in [-0.3, -0.25) is 4.79 Å². The van der Waals surface area contributed by atoms with E-state index in [0.29, 0.717) is 15.6 Å². The zero-order valence-corrected chi connectivity index (χ0v) is 17.7. The minimum atomic E-state index is -3.99. The maximum absolute atomic E-state index is 14.8. The van der Waals surface area contributed by atoms with Gasteiger partial charge in [-0.15, -0.1) is 0 Å². The van der Waals surface area contributed by atoms with Crippen LogP contribution < -0.4 is 5.32 Å². The van der Waals surface area contributed by atoms with Gasteiger partial charge in [-0.1, -0.05) is 34.8 Å². The molecule has 1 aromatic heterocycles. The molecule has 0 bridgehead atoms. The third kappa shape index (κ3) is 4.71. The van der Waals surface area contributed by atoms with Crippen LogP contribution in [0.2, 0.25) is 15.1 Å². The first-order valence-electron chi connectivity index (χ1n) is 8.63. The first kappa shape index (κ1) is 22.4. The van der Waals surface area contributed by atoms with E-state index in [-0.39, 0.29) is 29.5 Å². The Morgan fingerprint density at radius 1 is 1.13 bits per heavy atom. The van der Waals surface area contributed by atoms with Crippen LogP contribution in [0.3, 0.4) is 0 Å². The van der Waals surface area contributed by atoms with Crippen LogP contribution in [-0.2, 0) is 23.8 Å². The molecule has 0 radical (unpaired) electrons. The molecule has 2 aromatic carbocycles. The Morgan fingerprint density at radius 3 is 2.40 bits per heavy atom. The first-order valence-corrected chi connectivity index (χ1v) is 9.77. The van der Waals surface area contributed by atoms with E-state index in [1.807, 2.05) is 0 Å². The summed E-state index contributed by atoms with van der Waals surface area (Å²) in [6.07, 6.45) is 0. The molecule has 0 atom stereocenters. The highest BCUT2D eigenvalue weighted by atomic mass is 35.5. The van der Waals surface area contributed by atoms with Crippen LogP contribution in [0, 0.1) is 5.82 Å². The van der Waals surface area contributed by atoms with E-state index in [1.165, 1.54) is 30.3 Å². The summed E-state index contributed by atoms with van der Waals surface area (Å²) >= 11 is 17.4. The van der Waals surface area contributed by atoms with Gasteiger partial charge in [0, 0.05) is 28.7 Å². The molecular formula is C19H14Cl3F3N4O. The van der Waals surface area contributed by atoms with Gasteiger partial charge >= 0.3 is 5.92 Å². The smallest absolute Gasteiger partial charge is 0.346 e. The van der Waals surface area contributed by atoms with E-state index in [1.54, 1.807) is 6.92 Å². The number of halogens is 6. The van der Waals surface area contributed by atoms with Crippen molar-refractivity contribution in [1.29, 1.82) is 0 Å². The largest absolute Gasteiger partial charge is 0.382 e. The van der Waals surface area contributed by atoms with Crippen LogP contribution in [0.15, 0.2) is 36.4 Å². The van der Waals surface area contributed by atoms with E-state index in [9.17, 15) is 18.0 Å². The number of alkyl halides is 2. The molecule has 0 aliphatic heterocycles. The zero-order valence-electron chi connectivity index (χ0n) is 15.4. The third-order valence-electron chi connectivity index (χ3n) is 4.09. The maximum atomic E-state index is 14.8. The third-order valence-corrected chi connectivity index (χ3v) is 4.83. The molecule has 0 unspecified atom stereocenters. The van der Waals surface area contributed by atoms with Crippen LogP contribution in [0.4, 0.5) is 13.2 Å². The Kier molecular flexibility index (Phi) is 6.59. The van der Waals surface area contributed by atoms with E-state index in [0.717, 1.165) is 10.7 Å². The van der Waals surface area contributed by atoms with Crippen LogP contribution in [-0.4, -0.2) is 20.7 Å². The van der Waals surface area contributed by atoms with Crippen molar-refractivity contribution < 1.29 is 18.0 Å². The molecule has 11 heteroatoms. The summed E-state index contributed by atoms with van der Waals surface area (Å²) in [5.74, 6) is -7.33. The van der Waals surface area contributed by atoms with Crippen molar-refractivity contribution in [3.8, 4) is 11.4 Å². The number of hydrogen-bond acceptors (Lipinski definition) is 3. The number of benzene rings is 2. The fraction of sp³-hybridized carbons (Fsp3) is 0.211. The zero-order chi connectivity index (χ0) is 22.1. The molecule has 0 aliphatic rings. The highest BCUT2D eigenvalue weighted by molar-refractivity contribution is 6.34. The Hall–Kier alpha value is -2.29. The van der Waals surface area contributed by atoms with Crippen molar-refractivity contribution in [3.05, 3.63) is 68.7 Å². The predicted octanol–water partition coefficient (Wildman–Crippen LogP) is 5.47. The van der Waals surface area contributed by atoms with Gasteiger partial charge in [-0.05, 0) is 48.9 Å². The Balaban J connectivity index is 1.86. The summed E-state index contributed by atoms with van der Waals surface area (Å²) in [7, 11) is 0. The molecule has 0 saturated heterocycles. The minimum Gasteiger partial charge on any atom is -0.346 e.